The van der Waals surface area contributed by atoms with E-state index in [9.17, 15) is 9.59 Å². The van der Waals surface area contributed by atoms with Gasteiger partial charge in [-0.1, -0.05) is 17.7 Å². The largest absolute Gasteiger partial charge is 0.371 e. The zero-order chi connectivity index (χ0) is 14.1. The van der Waals surface area contributed by atoms with Crippen molar-refractivity contribution >= 4 is 17.6 Å². The minimum Gasteiger partial charge on any atom is -0.371 e. The van der Waals surface area contributed by atoms with Gasteiger partial charge in [-0.3, -0.25) is 10.1 Å². The van der Waals surface area contributed by atoms with Crippen LogP contribution in [0.25, 0.3) is 0 Å². The van der Waals surface area contributed by atoms with Gasteiger partial charge in [0.1, 0.15) is 6.54 Å². The van der Waals surface area contributed by atoms with Gasteiger partial charge in [-0.15, -0.1) is 0 Å². The summed E-state index contributed by atoms with van der Waals surface area (Å²) in [4.78, 5) is 26.9. The van der Waals surface area contributed by atoms with Gasteiger partial charge < -0.3 is 9.80 Å². The van der Waals surface area contributed by atoms with Gasteiger partial charge >= 0.3 is 6.03 Å². The van der Waals surface area contributed by atoms with Crippen molar-refractivity contribution in [2.45, 2.75) is 25.8 Å². The second kappa shape index (κ2) is 5.15. The van der Waals surface area contributed by atoms with Crippen LogP contribution in [0.15, 0.2) is 24.3 Å². The van der Waals surface area contributed by atoms with Crippen LogP contribution in [0.4, 0.5) is 10.5 Å². The number of nitrogens with one attached hydrogen (secondary N) is 1. The molecule has 2 aliphatic rings. The number of hydrogen-bond acceptors (Lipinski definition) is 3. The third-order valence-corrected chi connectivity index (χ3v) is 4.13. The minimum atomic E-state index is -0.233. The Morgan fingerprint density at radius 1 is 1.10 bits per heavy atom. The maximum absolute atomic E-state index is 11.7. The van der Waals surface area contributed by atoms with Crippen LogP contribution in [0.3, 0.4) is 0 Å². The maximum atomic E-state index is 11.7. The number of piperidine rings is 1. The highest BCUT2D eigenvalue weighted by molar-refractivity contribution is 6.02. The predicted octanol–water partition coefficient (Wildman–Crippen LogP) is 1.52. The number of anilines is 1. The van der Waals surface area contributed by atoms with Gasteiger partial charge in [-0.2, -0.15) is 0 Å². The number of carbonyl (C=O) groups is 2. The number of carbonyl (C=O) groups excluding carboxylic acids is 2. The van der Waals surface area contributed by atoms with Gasteiger partial charge in [0.05, 0.1) is 0 Å². The molecule has 2 saturated heterocycles. The fourth-order valence-corrected chi connectivity index (χ4v) is 2.94. The van der Waals surface area contributed by atoms with E-state index in [4.69, 9.17) is 0 Å². The Kier molecular flexibility index (Phi) is 3.34. The number of amides is 3. The normalized spacial score (nSPS) is 20.4. The lowest BCUT2D eigenvalue weighted by Gasteiger charge is -2.37. The van der Waals surface area contributed by atoms with Crippen LogP contribution >= 0.6 is 0 Å². The van der Waals surface area contributed by atoms with Gasteiger partial charge in [-0.05, 0) is 31.9 Å². The van der Waals surface area contributed by atoms with Gasteiger partial charge in [0, 0.05) is 24.8 Å². The van der Waals surface area contributed by atoms with Gasteiger partial charge in [0.25, 0.3) is 0 Å². The van der Waals surface area contributed by atoms with Crippen molar-refractivity contribution in [3.63, 3.8) is 0 Å². The smallest absolute Gasteiger partial charge is 0.324 e. The van der Waals surface area contributed by atoms with E-state index in [1.54, 1.807) is 4.90 Å². The van der Waals surface area contributed by atoms with E-state index >= 15 is 0 Å². The molecular formula is C15H19N3O2. The molecule has 1 aromatic rings. The van der Waals surface area contributed by atoms with Crippen LogP contribution in [0.5, 0.6) is 0 Å². The van der Waals surface area contributed by atoms with Crippen molar-refractivity contribution in [3.8, 4) is 0 Å². The highest BCUT2D eigenvalue weighted by Crippen LogP contribution is 2.23. The number of benzene rings is 1. The van der Waals surface area contributed by atoms with Crippen molar-refractivity contribution < 1.29 is 9.59 Å². The summed E-state index contributed by atoms with van der Waals surface area (Å²) in [5.41, 5.74) is 2.49. The zero-order valence-corrected chi connectivity index (χ0v) is 11.6. The molecule has 5 nitrogen and oxygen atoms in total. The summed E-state index contributed by atoms with van der Waals surface area (Å²) < 4.78 is 0. The Bertz CT molecular complexity index is 518. The van der Waals surface area contributed by atoms with Crippen LogP contribution in [0.2, 0.25) is 0 Å². The molecule has 0 aliphatic carbocycles. The molecule has 1 N–H and O–H groups in total. The summed E-state index contributed by atoms with van der Waals surface area (Å²) in [5, 5.41) is 2.35. The lowest BCUT2D eigenvalue weighted by molar-refractivity contribution is -0.118. The number of rotatable bonds is 2. The van der Waals surface area contributed by atoms with E-state index in [1.807, 2.05) is 0 Å². The number of imide groups is 1. The Labute approximate surface area is 118 Å². The van der Waals surface area contributed by atoms with Gasteiger partial charge in [0.15, 0.2) is 0 Å². The monoisotopic (exact) mass is 273 g/mol. The molecular weight excluding hydrogens is 254 g/mol. The summed E-state index contributed by atoms with van der Waals surface area (Å²) in [6.07, 6.45) is 1.82. The summed E-state index contributed by atoms with van der Waals surface area (Å²) in [5.74, 6) is -0.184. The van der Waals surface area contributed by atoms with Crippen molar-refractivity contribution in [1.29, 1.82) is 0 Å². The zero-order valence-electron chi connectivity index (χ0n) is 11.6. The summed E-state index contributed by atoms with van der Waals surface area (Å²) >= 11 is 0. The second-order valence-corrected chi connectivity index (χ2v) is 5.54. The van der Waals surface area contributed by atoms with E-state index in [0.717, 1.165) is 25.9 Å². The van der Waals surface area contributed by atoms with E-state index < -0.39 is 0 Å². The van der Waals surface area contributed by atoms with Crippen LogP contribution in [-0.2, 0) is 4.79 Å². The highest BCUT2D eigenvalue weighted by Gasteiger charge is 2.34. The number of hydrogen-bond donors (Lipinski definition) is 1. The van der Waals surface area contributed by atoms with Crippen molar-refractivity contribution in [3.05, 3.63) is 29.8 Å². The molecule has 5 heteroatoms. The van der Waals surface area contributed by atoms with Crippen LogP contribution in [0, 0.1) is 6.92 Å². The molecule has 0 unspecified atom stereocenters. The first kappa shape index (κ1) is 13.0. The quantitative estimate of drug-likeness (QED) is 0.831. The molecule has 0 spiro atoms. The molecule has 3 rings (SSSR count). The Hall–Kier alpha value is -2.04. The molecule has 2 aliphatic heterocycles. The van der Waals surface area contributed by atoms with Gasteiger partial charge in [0.2, 0.25) is 5.91 Å². The van der Waals surface area contributed by atoms with Crippen LogP contribution in [-0.4, -0.2) is 42.5 Å². The highest BCUT2D eigenvalue weighted by atomic mass is 16.2. The number of aryl methyl sites for hydroxylation is 1. The van der Waals surface area contributed by atoms with Crippen molar-refractivity contribution in [2.24, 2.45) is 0 Å². The fraction of sp³-hybridized carbons (Fsp3) is 0.467. The van der Waals surface area contributed by atoms with Gasteiger partial charge in [-0.25, -0.2) is 4.79 Å². The maximum Gasteiger partial charge on any atom is 0.324 e. The summed E-state index contributed by atoms with van der Waals surface area (Å²) in [7, 11) is 0. The summed E-state index contributed by atoms with van der Waals surface area (Å²) in [6.45, 7) is 4.14. The van der Waals surface area contributed by atoms with Crippen LogP contribution < -0.4 is 10.2 Å². The lowest BCUT2D eigenvalue weighted by Crippen LogP contribution is -2.46. The average molecular weight is 273 g/mol. The molecule has 20 heavy (non-hydrogen) atoms. The Morgan fingerprint density at radius 3 is 2.30 bits per heavy atom. The van der Waals surface area contributed by atoms with Crippen molar-refractivity contribution in [1.82, 2.24) is 10.2 Å². The number of nitrogens with zero attached hydrogens (tertiary/aromatic N) is 2. The molecule has 0 saturated carbocycles. The predicted molar refractivity (Wildman–Crippen MR) is 76.7 cm³/mol. The standard InChI is InChI=1S/C15H19N3O2/c1-11-2-4-12(5-3-11)17-8-6-13(7-9-17)18-10-14(19)16-15(18)20/h2-5,13H,6-10H2,1H3,(H,16,19,20). The van der Waals surface area contributed by atoms with E-state index in [2.05, 4.69) is 41.4 Å². The first-order chi connectivity index (χ1) is 9.63. The summed E-state index contributed by atoms with van der Waals surface area (Å²) in [6, 6.07) is 8.47. The molecule has 2 fully saturated rings. The number of urea groups is 1. The van der Waals surface area contributed by atoms with E-state index in [1.165, 1.54) is 11.3 Å². The van der Waals surface area contributed by atoms with E-state index in [0.29, 0.717) is 0 Å². The molecule has 0 atom stereocenters. The van der Waals surface area contributed by atoms with Crippen LogP contribution in [0.1, 0.15) is 18.4 Å². The second-order valence-electron chi connectivity index (χ2n) is 5.54. The fourth-order valence-electron chi connectivity index (χ4n) is 2.94. The van der Waals surface area contributed by atoms with Crippen molar-refractivity contribution in [2.75, 3.05) is 24.5 Å². The molecule has 106 valence electrons. The molecule has 0 radical (unpaired) electrons. The SMILES string of the molecule is Cc1ccc(N2CCC(N3CC(=O)NC3=O)CC2)cc1. The molecule has 1 aromatic carbocycles. The minimum absolute atomic E-state index is 0.183. The third-order valence-electron chi connectivity index (χ3n) is 4.13. The molecule has 3 amide bonds. The third kappa shape index (κ3) is 2.48. The topological polar surface area (TPSA) is 52.6 Å². The first-order valence-corrected chi connectivity index (χ1v) is 7.05. The Balaban J connectivity index is 1.61. The first-order valence-electron chi connectivity index (χ1n) is 7.05. The molecule has 2 heterocycles. The Morgan fingerprint density at radius 2 is 1.75 bits per heavy atom. The lowest BCUT2D eigenvalue weighted by atomic mass is 10.0. The molecule has 0 bridgehead atoms. The van der Waals surface area contributed by atoms with E-state index in [-0.39, 0.29) is 24.5 Å². The average Bonchev–Trinajstić information content (AvgIpc) is 2.79. The molecule has 0 aromatic heterocycles.